The van der Waals surface area contributed by atoms with E-state index < -0.39 is 0 Å². The van der Waals surface area contributed by atoms with Gasteiger partial charge < -0.3 is 20.1 Å². The predicted molar refractivity (Wildman–Crippen MR) is 136 cm³/mol. The number of fused-ring (bicyclic) bond motifs is 1. The van der Waals surface area contributed by atoms with Crippen molar-refractivity contribution in [1.29, 1.82) is 0 Å². The zero-order chi connectivity index (χ0) is 23.7. The number of aromatic nitrogens is 1. The van der Waals surface area contributed by atoms with Crippen LogP contribution in [0, 0.1) is 6.92 Å². The average molecular weight is 454 g/mol. The van der Waals surface area contributed by atoms with Gasteiger partial charge in [-0.25, -0.2) is 4.98 Å². The Kier molecular flexibility index (Phi) is 5.90. The van der Waals surface area contributed by atoms with Gasteiger partial charge >= 0.3 is 0 Å². The number of carbonyl (C=O) groups excluding carboxylic acids is 1. The van der Waals surface area contributed by atoms with Gasteiger partial charge in [0, 0.05) is 29.6 Å². The molecule has 0 spiro atoms. The van der Waals surface area contributed by atoms with E-state index in [0.717, 1.165) is 46.4 Å². The summed E-state index contributed by atoms with van der Waals surface area (Å²) in [7, 11) is 1.60. The first-order valence-electron chi connectivity index (χ1n) is 11.4. The maximum absolute atomic E-state index is 13.5. The Morgan fingerprint density at radius 1 is 1.03 bits per heavy atom. The standard InChI is InChI=1S/C28H27N3O3/c1-18-5-3-8-23(27(32)20-6-4-7-22(16-20)33-2)26(18)19-9-10-24-21(15-19)17-25(28(29)30-24)31-11-13-34-14-12-31/h3-10,15-17H,11-14H2,1-2H3,(H2,29,30). The molecule has 4 aromatic rings. The Morgan fingerprint density at radius 3 is 2.62 bits per heavy atom. The highest BCUT2D eigenvalue weighted by Crippen LogP contribution is 2.34. The van der Waals surface area contributed by atoms with Crippen LogP contribution in [-0.2, 0) is 4.74 Å². The fourth-order valence-corrected chi connectivity index (χ4v) is 4.55. The van der Waals surface area contributed by atoms with Crippen molar-refractivity contribution in [1.82, 2.24) is 4.98 Å². The average Bonchev–Trinajstić information content (AvgIpc) is 2.88. The van der Waals surface area contributed by atoms with Gasteiger partial charge in [-0.3, -0.25) is 4.79 Å². The minimum absolute atomic E-state index is 0.0397. The monoisotopic (exact) mass is 453 g/mol. The summed E-state index contributed by atoms with van der Waals surface area (Å²) in [5.74, 6) is 1.14. The van der Waals surface area contributed by atoms with Crippen molar-refractivity contribution in [3.63, 3.8) is 0 Å². The van der Waals surface area contributed by atoms with Crippen LogP contribution < -0.4 is 15.4 Å². The van der Waals surface area contributed by atoms with Crippen LogP contribution in [0.3, 0.4) is 0 Å². The molecule has 1 aliphatic heterocycles. The molecule has 1 aromatic heterocycles. The SMILES string of the molecule is COc1cccc(C(=O)c2cccc(C)c2-c2ccc3nc(N)c(N4CCOCC4)cc3c2)c1. The number of carbonyl (C=O) groups is 1. The summed E-state index contributed by atoms with van der Waals surface area (Å²) < 4.78 is 10.8. The zero-order valence-corrected chi connectivity index (χ0v) is 19.4. The van der Waals surface area contributed by atoms with E-state index in [9.17, 15) is 4.79 Å². The van der Waals surface area contributed by atoms with E-state index in [2.05, 4.69) is 22.0 Å². The second-order valence-corrected chi connectivity index (χ2v) is 8.46. The van der Waals surface area contributed by atoms with Crippen LogP contribution >= 0.6 is 0 Å². The van der Waals surface area contributed by atoms with Gasteiger partial charge in [0.05, 0.1) is 31.5 Å². The highest BCUT2D eigenvalue weighted by molar-refractivity contribution is 6.13. The molecule has 1 saturated heterocycles. The maximum Gasteiger partial charge on any atom is 0.193 e. The highest BCUT2D eigenvalue weighted by Gasteiger charge is 2.19. The van der Waals surface area contributed by atoms with Crippen LogP contribution in [0.25, 0.3) is 22.0 Å². The molecule has 172 valence electrons. The highest BCUT2D eigenvalue weighted by atomic mass is 16.5. The minimum atomic E-state index is -0.0397. The number of rotatable bonds is 5. The largest absolute Gasteiger partial charge is 0.497 e. The summed E-state index contributed by atoms with van der Waals surface area (Å²) in [6.45, 7) is 4.96. The molecule has 5 rings (SSSR count). The minimum Gasteiger partial charge on any atom is -0.497 e. The molecule has 0 unspecified atom stereocenters. The second kappa shape index (κ2) is 9.15. The lowest BCUT2D eigenvalue weighted by molar-refractivity contribution is 0.103. The number of aryl methyl sites for hydroxylation is 1. The van der Waals surface area contributed by atoms with Gasteiger partial charge in [0.1, 0.15) is 11.6 Å². The molecule has 0 aliphatic carbocycles. The number of nitrogens with two attached hydrogens (primary N) is 1. The van der Waals surface area contributed by atoms with Gasteiger partial charge in [0.2, 0.25) is 0 Å². The van der Waals surface area contributed by atoms with E-state index in [0.29, 0.717) is 35.9 Å². The number of pyridine rings is 1. The van der Waals surface area contributed by atoms with E-state index >= 15 is 0 Å². The van der Waals surface area contributed by atoms with E-state index in [1.54, 1.807) is 13.2 Å². The molecule has 6 nitrogen and oxygen atoms in total. The molecule has 3 aromatic carbocycles. The molecule has 2 heterocycles. The van der Waals surface area contributed by atoms with Gasteiger partial charge in [-0.05, 0) is 53.9 Å². The molecule has 0 atom stereocenters. The van der Waals surface area contributed by atoms with E-state index in [1.807, 2.05) is 55.5 Å². The number of nitrogen functional groups attached to an aromatic ring is 1. The van der Waals surface area contributed by atoms with Crippen LogP contribution in [0.5, 0.6) is 5.75 Å². The summed E-state index contributed by atoms with van der Waals surface area (Å²) in [6.07, 6.45) is 0. The Morgan fingerprint density at radius 2 is 1.82 bits per heavy atom. The van der Waals surface area contributed by atoms with Crippen molar-refractivity contribution in [2.45, 2.75) is 6.92 Å². The summed E-state index contributed by atoms with van der Waals surface area (Å²) in [4.78, 5) is 20.4. The van der Waals surface area contributed by atoms with E-state index in [4.69, 9.17) is 15.2 Å². The van der Waals surface area contributed by atoms with Crippen LogP contribution in [-0.4, -0.2) is 44.2 Å². The number of methoxy groups -OCH3 is 1. The lowest BCUT2D eigenvalue weighted by Crippen LogP contribution is -2.36. The number of hydrogen-bond donors (Lipinski definition) is 1. The van der Waals surface area contributed by atoms with Crippen molar-refractivity contribution >= 4 is 28.2 Å². The number of hydrogen-bond acceptors (Lipinski definition) is 6. The van der Waals surface area contributed by atoms with Gasteiger partial charge in [-0.15, -0.1) is 0 Å². The smallest absolute Gasteiger partial charge is 0.193 e. The number of anilines is 2. The molecule has 0 bridgehead atoms. The summed E-state index contributed by atoms with van der Waals surface area (Å²) in [6, 6.07) is 21.3. The Balaban J connectivity index is 1.60. The molecule has 1 fully saturated rings. The van der Waals surface area contributed by atoms with Crippen molar-refractivity contribution in [2.75, 3.05) is 44.0 Å². The van der Waals surface area contributed by atoms with Crippen LogP contribution in [0.1, 0.15) is 21.5 Å². The topological polar surface area (TPSA) is 77.7 Å². The predicted octanol–water partition coefficient (Wildman–Crippen LogP) is 4.87. The lowest BCUT2D eigenvalue weighted by atomic mass is 9.90. The first-order chi connectivity index (χ1) is 16.5. The molecule has 6 heteroatoms. The van der Waals surface area contributed by atoms with Crippen LogP contribution in [0.4, 0.5) is 11.5 Å². The van der Waals surface area contributed by atoms with Crippen molar-refractivity contribution in [3.05, 3.63) is 83.4 Å². The second-order valence-electron chi connectivity index (χ2n) is 8.46. The number of ketones is 1. The molecular weight excluding hydrogens is 426 g/mol. The van der Waals surface area contributed by atoms with Crippen molar-refractivity contribution < 1.29 is 14.3 Å². The fourth-order valence-electron chi connectivity index (χ4n) is 4.55. The molecule has 34 heavy (non-hydrogen) atoms. The van der Waals surface area contributed by atoms with Gasteiger partial charge in [-0.2, -0.15) is 0 Å². The quantitative estimate of drug-likeness (QED) is 0.435. The fraction of sp³-hybridized carbons (Fsp3) is 0.214. The van der Waals surface area contributed by atoms with Crippen LogP contribution in [0.2, 0.25) is 0 Å². The Hall–Kier alpha value is -3.90. The zero-order valence-electron chi connectivity index (χ0n) is 19.4. The van der Waals surface area contributed by atoms with Crippen molar-refractivity contribution in [2.24, 2.45) is 0 Å². The maximum atomic E-state index is 13.5. The van der Waals surface area contributed by atoms with E-state index in [1.165, 1.54) is 0 Å². The van der Waals surface area contributed by atoms with Crippen molar-refractivity contribution in [3.8, 4) is 16.9 Å². The molecule has 0 saturated carbocycles. The van der Waals surface area contributed by atoms with E-state index in [-0.39, 0.29) is 5.78 Å². The molecule has 1 aliphatic rings. The van der Waals surface area contributed by atoms with Gasteiger partial charge in [0.25, 0.3) is 0 Å². The first kappa shape index (κ1) is 21.9. The lowest BCUT2D eigenvalue weighted by Gasteiger charge is -2.29. The van der Waals surface area contributed by atoms with Crippen LogP contribution in [0.15, 0.2) is 66.7 Å². The summed E-state index contributed by atoms with van der Waals surface area (Å²) in [5, 5.41) is 0.983. The van der Waals surface area contributed by atoms with Gasteiger partial charge in [-0.1, -0.05) is 36.4 Å². The number of morpholine rings is 1. The third kappa shape index (κ3) is 4.08. The van der Waals surface area contributed by atoms with Gasteiger partial charge in [0.15, 0.2) is 5.78 Å². The number of benzene rings is 3. The third-order valence-electron chi connectivity index (χ3n) is 6.31. The third-order valence-corrected chi connectivity index (χ3v) is 6.31. The Labute approximate surface area is 198 Å². The first-order valence-corrected chi connectivity index (χ1v) is 11.4. The summed E-state index contributed by atoms with van der Waals surface area (Å²) >= 11 is 0. The number of ether oxygens (including phenoxy) is 2. The number of nitrogens with zero attached hydrogens (tertiary/aromatic N) is 2. The molecular formula is C28H27N3O3. The molecule has 0 radical (unpaired) electrons. The molecule has 0 amide bonds. The normalized spacial score (nSPS) is 13.8. The Bertz CT molecular complexity index is 1380. The summed E-state index contributed by atoms with van der Waals surface area (Å²) in [5.41, 5.74) is 12.2. The molecule has 2 N–H and O–H groups in total.